The minimum Gasteiger partial charge on any atom is -0.345 e. The van der Waals surface area contributed by atoms with Crippen LogP contribution >= 0.6 is 0 Å². The molecule has 2 saturated heterocycles. The van der Waals surface area contributed by atoms with E-state index in [4.69, 9.17) is 0 Å². The molecule has 0 radical (unpaired) electrons. The van der Waals surface area contributed by atoms with Gasteiger partial charge in [0.2, 0.25) is 11.8 Å². The SMILES string of the molecule is CN1CCC[C@@]2(CCN(C(=O)CCn3ccc(=O)[nH]c3=O)C2)C1=O. The quantitative estimate of drug-likeness (QED) is 0.798. The van der Waals surface area contributed by atoms with Crippen molar-refractivity contribution in [3.63, 3.8) is 0 Å². The van der Waals surface area contributed by atoms with E-state index in [1.165, 1.54) is 16.8 Å². The van der Waals surface area contributed by atoms with Gasteiger partial charge in [0.05, 0.1) is 5.41 Å². The van der Waals surface area contributed by atoms with Crippen molar-refractivity contribution in [1.29, 1.82) is 0 Å². The summed E-state index contributed by atoms with van der Waals surface area (Å²) < 4.78 is 1.31. The Balaban J connectivity index is 1.61. The number of nitrogens with zero attached hydrogens (tertiary/aromatic N) is 3. The third kappa shape index (κ3) is 3.00. The largest absolute Gasteiger partial charge is 0.345 e. The van der Waals surface area contributed by atoms with Gasteiger partial charge >= 0.3 is 5.69 Å². The van der Waals surface area contributed by atoms with Gasteiger partial charge in [-0.2, -0.15) is 0 Å². The lowest BCUT2D eigenvalue weighted by Crippen LogP contribution is -2.48. The van der Waals surface area contributed by atoms with Crippen molar-refractivity contribution < 1.29 is 9.59 Å². The molecule has 130 valence electrons. The van der Waals surface area contributed by atoms with Crippen LogP contribution in [0.5, 0.6) is 0 Å². The predicted molar refractivity (Wildman–Crippen MR) is 86.4 cm³/mol. The number of carbonyl (C=O) groups is 2. The number of carbonyl (C=O) groups excluding carboxylic acids is 2. The second-order valence-corrected chi connectivity index (χ2v) is 6.73. The number of piperidine rings is 1. The summed E-state index contributed by atoms with van der Waals surface area (Å²) >= 11 is 0. The zero-order valence-corrected chi connectivity index (χ0v) is 13.8. The topological polar surface area (TPSA) is 95.5 Å². The van der Waals surface area contributed by atoms with Crippen molar-refractivity contribution >= 4 is 11.8 Å². The Hall–Kier alpha value is -2.38. The van der Waals surface area contributed by atoms with Crippen molar-refractivity contribution in [1.82, 2.24) is 19.4 Å². The van der Waals surface area contributed by atoms with E-state index in [-0.39, 0.29) is 24.8 Å². The lowest BCUT2D eigenvalue weighted by Gasteiger charge is -2.37. The lowest BCUT2D eigenvalue weighted by molar-refractivity contribution is -0.144. The summed E-state index contributed by atoms with van der Waals surface area (Å²) in [6, 6.07) is 1.26. The van der Waals surface area contributed by atoms with E-state index < -0.39 is 16.7 Å². The molecular formula is C16H22N4O4. The average Bonchev–Trinajstić information content (AvgIpc) is 2.97. The molecule has 0 unspecified atom stereocenters. The number of aromatic nitrogens is 2. The monoisotopic (exact) mass is 334 g/mol. The van der Waals surface area contributed by atoms with Crippen LogP contribution in [0.3, 0.4) is 0 Å². The molecule has 0 aliphatic carbocycles. The fraction of sp³-hybridized carbons (Fsp3) is 0.625. The number of nitrogens with one attached hydrogen (secondary N) is 1. The van der Waals surface area contributed by atoms with Gasteiger partial charge in [0.25, 0.3) is 5.56 Å². The number of aromatic amines is 1. The maximum atomic E-state index is 12.5. The molecule has 1 aromatic rings. The summed E-state index contributed by atoms with van der Waals surface area (Å²) in [7, 11) is 1.82. The Labute approximate surface area is 139 Å². The minimum absolute atomic E-state index is 0.0639. The lowest BCUT2D eigenvalue weighted by atomic mass is 9.78. The third-order valence-electron chi connectivity index (χ3n) is 5.12. The van der Waals surface area contributed by atoms with Crippen LogP contribution in [0.1, 0.15) is 25.7 Å². The zero-order valence-electron chi connectivity index (χ0n) is 13.8. The van der Waals surface area contributed by atoms with Gasteiger partial charge in [0, 0.05) is 51.9 Å². The molecule has 3 rings (SSSR count). The molecule has 0 bridgehead atoms. The number of H-pyrrole nitrogens is 1. The first-order valence-corrected chi connectivity index (χ1v) is 8.24. The fourth-order valence-corrected chi connectivity index (χ4v) is 3.73. The Morgan fingerprint density at radius 1 is 1.25 bits per heavy atom. The van der Waals surface area contributed by atoms with E-state index >= 15 is 0 Å². The molecule has 1 aromatic heterocycles. The molecule has 2 fully saturated rings. The number of likely N-dealkylation sites (tertiary alicyclic amines) is 2. The molecule has 1 spiro atoms. The van der Waals surface area contributed by atoms with Crippen LogP contribution in [0.25, 0.3) is 0 Å². The van der Waals surface area contributed by atoms with Crippen LogP contribution in [-0.4, -0.2) is 57.8 Å². The highest BCUT2D eigenvalue weighted by Gasteiger charge is 2.48. The van der Waals surface area contributed by atoms with E-state index in [1.54, 1.807) is 9.80 Å². The first kappa shape index (κ1) is 16.5. The molecule has 1 N–H and O–H groups in total. The van der Waals surface area contributed by atoms with E-state index in [2.05, 4.69) is 4.98 Å². The average molecular weight is 334 g/mol. The van der Waals surface area contributed by atoms with Crippen LogP contribution in [0.4, 0.5) is 0 Å². The van der Waals surface area contributed by atoms with Crippen molar-refractivity contribution in [2.24, 2.45) is 5.41 Å². The van der Waals surface area contributed by atoms with E-state index in [0.29, 0.717) is 19.5 Å². The number of aryl methyl sites for hydroxylation is 1. The van der Waals surface area contributed by atoms with Gasteiger partial charge in [0.15, 0.2) is 0 Å². The summed E-state index contributed by atoms with van der Waals surface area (Å²) in [5.74, 6) is 0.0758. The molecular weight excluding hydrogens is 312 g/mol. The third-order valence-corrected chi connectivity index (χ3v) is 5.12. The van der Waals surface area contributed by atoms with E-state index in [9.17, 15) is 19.2 Å². The first-order chi connectivity index (χ1) is 11.4. The molecule has 1 atom stereocenters. The van der Waals surface area contributed by atoms with Gasteiger partial charge in [-0.25, -0.2) is 4.79 Å². The van der Waals surface area contributed by atoms with Crippen molar-refractivity contribution in [3.05, 3.63) is 33.1 Å². The first-order valence-electron chi connectivity index (χ1n) is 8.24. The number of rotatable bonds is 3. The van der Waals surface area contributed by atoms with Crippen molar-refractivity contribution in [3.8, 4) is 0 Å². The highest BCUT2D eigenvalue weighted by Crippen LogP contribution is 2.39. The van der Waals surface area contributed by atoms with Crippen LogP contribution in [0.2, 0.25) is 0 Å². The van der Waals surface area contributed by atoms with Crippen LogP contribution in [0.15, 0.2) is 21.9 Å². The molecule has 2 aliphatic heterocycles. The zero-order chi connectivity index (χ0) is 17.3. The van der Waals surface area contributed by atoms with Crippen LogP contribution in [0, 0.1) is 5.41 Å². The van der Waals surface area contributed by atoms with Crippen molar-refractivity contribution in [2.75, 3.05) is 26.7 Å². The summed E-state index contributed by atoms with van der Waals surface area (Å²) in [5, 5.41) is 0. The number of amides is 2. The Kier molecular flexibility index (Phi) is 4.29. The maximum Gasteiger partial charge on any atom is 0.328 e. The summed E-state index contributed by atoms with van der Waals surface area (Å²) in [6.07, 6.45) is 4.07. The van der Waals surface area contributed by atoms with Gasteiger partial charge in [-0.05, 0) is 19.3 Å². The highest BCUT2D eigenvalue weighted by molar-refractivity contribution is 5.85. The smallest absolute Gasteiger partial charge is 0.328 e. The molecule has 8 nitrogen and oxygen atoms in total. The van der Waals surface area contributed by atoms with E-state index in [0.717, 1.165) is 19.4 Å². The minimum atomic E-state index is -0.516. The van der Waals surface area contributed by atoms with Gasteiger partial charge < -0.3 is 14.4 Å². The summed E-state index contributed by atoms with van der Waals surface area (Å²) in [5.41, 5.74) is -1.39. The van der Waals surface area contributed by atoms with Gasteiger partial charge in [-0.3, -0.25) is 19.4 Å². The standard InChI is InChI=1S/C16H22N4O4/c1-18-7-2-5-16(14(18)23)6-10-20(11-16)13(22)4-9-19-8-3-12(21)17-15(19)24/h3,8H,2,4-7,9-11H2,1H3,(H,17,21,24)/t16-/m0/s1. The molecule has 2 amide bonds. The van der Waals surface area contributed by atoms with Crippen LogP contribution < -0.4 is 11.2 Å². The maximum absolute atomic E-state index is 12.5. The Bertz CT molecular complexity index is 768. The molecule has 0 saturated carbocycles. The highest BCUT2D eigenvalue weighted by atomic mass is 16.2. The van der Waals surface area contributed by atoms with Gasteiger partial charge in [-0.1, -0.05) is 0 Å². The van der Waals surface area contributed by atoms with Crippen LogP contribution in [-0.2, 0) is 16.1 Å². The van der Waals surface area contributed by atoms with Gasteiger partial charge in [0.1, 0.15) is 0 Å². The number of hydrogen-bond acceptors (Lipinski definition) is 4. The van der Waals surface area contributed by atoms with Crippen molar-refractivity contribution in [2.45, 2.75) is 32.2 Å². The second-order valence-electron chi connectivity index (χ2n) is 6.73. The summed E-state index contributed by atoms with van der Waals surface area (Å²) in [6.45, 7) is 2.05. The molecule has 8 heteroatoms. The Morgan fingerprint density at radius 2 is 2.04 bits per heavy atom. The molecule has 2 aliphatic rings. The second kappa shape index (κ2) is 6.26. The van der Waals surface area contributed by atoms with E-state index in [1.807, 2.05) is 7.05 Å². The molecule has 0 aromatic carbocycles. The predicted octanol–water partition coefficient (Wildman–Crippen LogP) is -0.602. The fourth-order valence-electron chi connectivity index (χ4n) is 3.73. The van der Waals surface area contributed by atoms with Gasteiger partial charge in [-0.15, -0.1) is 0 Å². The molecule has 3 heterocycles. The number of hydrogen-bond donors (Lipinski definition) is 1. The normalized spacial score (nSPS) is 24.0. The summed E-state index contributed by atoms with van der Waals surface area (Å²) in [4.78, 5) is 53.2. The Morgan fingerprint density at radius 3 is 2.79 bits per heavy atom. The molecule has 24 heavy (non-hydrogen) atoms.